The molecule has 0 radical (unpaired) electrons. The number of esters is 1. The van der Waals surface area contributed by atoms with Crippen LogP contribution in [0.5, 0.6) is 0 Å². The summed E-state index contributed by atoms with van der Waals surface area (Å²) in [6, 6.07) is 7.55. The van der Waals surface area contributed by atoms with Crippen LogP contribution < -0.4 is 5.32 Å². The lowest BCUT2D eigenvalue weighted by Gasteiger charge is -2.16. The highest BCUT2D eigenvalue weighted by Gasteiger charge is 2.12. The van der Waals surface area contributed by atoms with E-state index in [1.807, 2.05) is 25.1 Å². The van der Waals surface area contributed by atoms with Crippen LogP contribution in [0.25, 0.3) is 0 Å². The maximum atomic E-state index is 11.6. The van der Waals surface area contributed by atoms with Gasteiger partial charge in [-0.15, -0.1) is 0 Å². The quantitative estimate of drug-likeness (QED) is 0.756. The summed E-state index contributed by atoms with van der Waals surface area (Å²) in [4.78, 5) is 11.6. The van der Waals surface area contributed by atoms with E-state index in [2.05, 4.69) is 5.32 Å². The second-order valence-electron chi connectivity index (χ2n) is 4.52. The van der Waals surface area contributed by atoms with Crippen LogP contribution in [0.15, 0.2) is 24.3 Å². The molecule has 4 nitrogen and oxygen atoms in total. The van der Waals surface area contributed by atoms with Crippen molar-refractivity contribution < 1.29 is 14.6 Å². The summed E-state index contributed by atoms with van der Waals surface area (Å²) in [6.07, 6.45) is 0.351. The van der Waals surface area contributed by atoms with Crippen molar-refractivity contribution in [2.75, 3.05) is 7.11 Å². The Morgan fingerprint density at radius 2 is 2.06 bits per heavy atom. The molecule has 0 heterocycles. The van der Waals surface area contributed by atoms with Gasteiger partial charge in [0.25, 0.3) is 0 Å². The Labute approximate surface area is 108 Å². The summed E-state index contributed by atoms with van der Waals surface area (Å²) in [7, 11) is 1.38. The summed E-state index contributed by atoms with van der Waals surface area (Å²) in [5.41, 5.74) is 1.48. The Balaban J connectivity index is 2.64. The summed E-state index contributed by atoms with van der Waals surface area (Å²) in [5.74, 6) is -0.324. The molecule has 0 fully saturated rings. The highest BCUT2D eigenvalue weighted by atomic mass is 16.5. The van der Waals surface area contributed by atoms with E-state index in [0.717, 1.165) is 5.56 Å². The molecule has 100 valence electrons. The van der Waals surface area contributed by atoms with E-state index in [9.17, 15) is 9.90 Å². The summed E-state index contributed by atoms with van der Waals surface area (Å²) >= 11 is 0. The van der Waals surface area contributed by atoms with Gasteiger partial charge in [0.15, 0.2) is 0 Å². The predicted molar refractivity (Wildman–Crippen MR) is 70.4 cm³/mol. The number of carbonyl (C=O) groups is 1. The van der Waals surface area contributed by atoms with Gasteiger partial charge in [-0.05, 0) is 31.9 Å². The van der Waals surface area contributed by atoms with Crippen LogP contribution in [0.2, 0.25) is 0 Å². The molecule has 4 heteroatoms. The number of hydrogen-bond donors (Lipinski definition) is 2. The first-order valence-corrected chi connectivity index (χ1v) is 6.12. The highest BCUT2D eigenvalue weighted by Crippen LogP contribution is 2.10. The lowest BCUT2D eigenvalue weighted by molar-refractivity contribution is 0.0599. The second kappa shape index (κ2) is 7.13. The minimum Gasteiger partial charge on any atom is -0.465 e. The molecule has 2 unspecified atom stereocenters. The molecule has 0 aromatic heterocycles. The molecule has 0 aliphatic carbocycles. The van der Waals surface area contributed by atoms with Crippen LogP contribution in [0.4, 0.5) is 0 Å². The molecule has 0 spiro atoms. The zero-order valence-corrected chi connectivity index (χ0v) is 11.1. The van der Waals surface area contributed by atoms with Gasteiger partial charge in [-0.25, -0.2) is 4.79 Å². The SMILES string of the molecule is COC(=O)c1ccccc1CNC(C)CC(C)O. The fourth-order valence-electron chi connectivity index (χ4n) is 1.86. The van der Waals surface area contributed by atoms with Gasteiger partial charge in [-0.1, -0.05) is 18.2 Å². The number of benzene rings is 1. The fourth-order valence-corrected chi connectivity index (χ4v) is 1.86. The molecule has 2 N–H and O–H groups in total. The summed E-state index contributed by atoms with van der Waals surface area (Å²) in [6.45, 7) is 4.35. The van der Waals surface area contributed by atoms with Gasteiger partial charge in [-0.3, -0.25) is 0 Å². The first-order valence-electron chi connectivity index (χ1n) is 6.12. The van der Waals surface area contributed by atoms with Gasteiger partial charge < -0.3 is 15.2 Å². The molecular weight excluding hydrogens is 230 g/mol. The largest absolute Gasteiger partial charge is 0.465 e. The van der Waals surface area contributed by atoms with Gasteiger partial charge >= 0.3 is 5.97 Å². The summed E-state index contributed by atoms with van der Waals surface area (Å²) < 4.78 is 4.74. The van der Waals surface area contributed by atoms with E-state index >= 15 is 0 Å². The molecule has 1 aromatic rings. The number of methoxy groups -OCH3 is 1. The van der Waals surface area contributed by atoms with Crippen molar-refractivity contribution in [3.8, 4) is 0 Å². The van der Waals surface area contributed by atoms with E-state index < -0.39 is 0 Å². The Morgan fingerprint density at radius 1 is 1.39 bits per heavy atom. The normalized spacial score (nSPS) is 14.0. The van der Waals surface area contributed by atoms with Crippen molar-refractivity contribution in [1.82, 2.24) is 5.32 Å². The van der Waals surface area contributed by atoms with Gasteiger partial charge in [0.2, 0.25) is 0 Å². The molecule has 0 saturated heterocycles. The number of rotatable bonds is 6. The number of aliphatic hydroxyl groups excluding tert-OH is 1. The average Bonchev–Trinajstić information content (AvgIpc) is 2.35. The van der Waals surface area contributed by atoms with Crippen LogP contribution >= 0.6 is 0 Å². The minimum atomic E-state index is -0.330. The molecule has 1 rings (SSSR count). The van der Waals surface area contributed by atoms with E-state index in [1.165, 1.54) is 7.11 Å². The number of ether oxygens (including phenoxy) is 1. The predicted octanol–water partition coefficient (Wildman–Crippen LogP) is 1.72. The van der Waals surface area contributed by atoms with Crippen molar-refractivity contribution in [1.29, 1.82) is 0 Å². The Hall–Kier alpha value is -1.39. The van der Waals surface area contributed by atoms with Crippen molar-refractivity contribution in [3.63, 3.8) is 0 Å². The van der Waals surface area contributed by atoms with Gasteiger partial charge in [-0.2, -0.15) is 0 Å². The van der Waals surface area contributed by atoms with E-state index in [4.69, 9.17) is 4.74 Å². The maximum absolute atomic E-state index is 11.6. The maximum Gasteiger partial charge on any atom is 0.338 e. The molecule has 0 aliphatic rings. The second-order valence-corrected chi connectivity index (χ2v) is 4.52. The number of nitrogens with one attached hydrogen (secondary N) is 1. The lowest BCUT2D eigenvalue weighted by Crippen LogP contribution is -2.29. The van der Waals surface area contributed by atoms with Crippen LogP contribution in [-0.2, 0) is 11.3 Å². The van der Waals surface area contributed by atoms with Crippen LogP contribution in [0.3, 0.4) is 0 Å². The molecule has 0 aliphatic heterocycles. The van der Waals surface area contributed by atoms with Crippen LogP contribution in [0, 0.1) is 0 Å². The highest BCUT2D eigenvalue weighted by molar-refractivity contribution is 5.90. The van der Waals surface area contributed by atoms with E-state index in [-0.39, 0.29) is 18.1 Å². The molecule has 0 saturated carbocycles. The summed E-state index contributed by atoms with van der Waals surface area (Å²) in [5, 5.41) is 12.6. The Bertz CT molecular complexity index is 390. The molecule has 0 bridgehead atoms. The smallest absolute Gasteiger partial charge is 0.338 e. The van der Waals surface area contributed by atoms with Crippen molar-refractivity contribution in [2.24, 2.45) is 0 Å². The number of aliphatic hydroxyl groups is 1. The monoisotopic (exact) mass is 251 g/mol. The minimum absolute atomic E-state index is 0.190. The van der Waals surface area contributed by atoms with Crippen LogP contribution in [-0.4, -0.2) is 30.3 Å². The van der Waals surface area contributed by atoms with E-state index in [0.29, 0.717) is 18.5 Å². The third kappa shape index (κ3) is 4.47. The number of hydrogen-bond acceptors (Lipinski definition) is 4. The third-order valence-electron chi connectivity index (χ3n) is 2.76. The van der Waals surface area contributed by atoms with Gasteiger partial charge in [0.05, 0.1) is 18.8 Å². The van der Waals surface area contributed by atoms with Gasteiger partial charge in [0, 0.05) is 12.6 Å². The number of carbonyl (C=O) groups excluding carboxylic acids is 1. The Kier molecular flexibility index (Phi) is 5.82. The average molecular weight is 251 g/mol. The molecular formula is C14H21NO3. The van der Waals surface area contributed by atoms with Crippen LogP contribution in [0.1, 0.15) is 36.2 Å². The first-order chi connectivity index (χ1) is 8.54. The lowest BCUT2D eigenvalue weighted by atomic mass is 10.1. The van der Waals surface area contributed by atoms with Crippen molar-refractivity contribution in [3.05, 3.63) is 35.4 Å². The van der Waals surface area contributed by atoms with E-state index in [1.54, 1.807) is 13.0 Å². The molecule has 0 amide bonds. The topological polar surface area (TPSA) is 58.6 Å². The standard InChI is InChI=1S/C14H21NO3/c1-10(8-11(2)16)15-9-12-6-4-5-7-13(12)14(17)18-3/h4-7,10-11,15-16H,8-9H2,1-3H3. The Morgan fingerprint density at radius 3 is 2.67 bits per heavy atom. The van der Waals surface area contributed by atoms with Crippen molar-refractivity contribution in [2.45, 2.75) is 39.0 Å². The zero-order chi connectivity index (χ0) is 13.5. The first kappa shape index (κ1) is 14.7. The molecule has 18 heavy (non-hydrogen) atoms. The fraction of sp³-hybridized carbons (Fsp3) is 0.500. The van der Waals surface area contributed by atoms with Gasteiger partial charge in [0.1, 0.15) is 0 Å². The molecule has 1 aromatic carbocycles. The van der Waals surface area contributed by atoms with Crippen molar-refractivity contribution >= 4 is 5.97 Å². The zero-order valence-electron chi connectivity index (χ0n) is 11.1. The third-order valence-corrected chi connectivity index (χ3v) is 2.76. The molecule has 2 atom stereocenters.